The van der Waals surface area contributed by atoms with Crippen molar-refractivity contribution < 1.29 is 0 Å². The fourth-order valence-corrected chi connectivity index (χ4v) is 1.46. The summed E-state index contributed by atoms with van der Waals surface area (Å²) in [6.45, 7) is 1.82. The van der Waals surface area contributed by atoms with E-state index in [1.807, 2.05) is 19.1 Å². The highest BCUT2D eigenvalue weighted by atomic mass is 35.5. The van der Waals surface area contributed by atoms with E-state index in [2.05, 4.69) is 5.10 Å². The second-order valence-electron chi connectivity index (χ2n) is 3.27. The van der Waals surface area contributed by atoms with E-state index in [1.165, 1.54) is 0 Å². The lowest BCUT2D eigenvalue weighted by atomic mass is 10.3. The maximum atomic E-state index is 5.82. The van der Waals surface area contributed by atoms with Gasteiger partial charge in [-0.15, -0.1) is 0 Å². The van der Waals surface area contributed by atoms with Crippen molar-refractivity contribution in [2.24, 2.45) is 0 Å². The zero-order chi connectivity index (χ0) is 11.0. The van der Waals surface area contributed by atoms with Crippen LogP contribution in [0.5, 0.6) is 0 Å². The predicted molar refractivity (Wildman–Crippen MR) is 62.1 cm³/mol. The Morgan fingerprint density at radius 3 is 2.27 bits per heavy atom. The number of hydrogen-bond acceptors (Lipinski definition) is 3. The minimum atomic E-state index is 0.454. The smallest absolute Gasteiger partial charge is 0.150 e. The second-order valence-corrected chi connectivity index (χ2v) is 3.71. The van der Waals surface area contributed by atoms with Crippen LogP contribution in [-0.4, -0.2) is 9.78 Å². The Morgan fingerprint density at radius 2 is 1.80 bits per heavy atom. The fourth-order valence-electron chi connectivity index (χ4n) is 1.34. The second kappa shape index (κ2) is 3.47. The van der Waals surface area contributed by atoms with Crippen LogP contribution >= 0.6 is 11.6 Å². The molecule has 0 spiro atoms. The van der Waals surface area contributed by atoms with E-state index < -0.39 is 0 Å². The Morgan fingerprint density at radius 1 is 1.20 bits per heavy atom. The third-order valence-corrected chi connectivity index (χ3v) is 2.47. The van der Waals surface area contributed by atoms with Gasteiger partial charge >= 0.3 is 0 Å². The van der Waals surface area contributed by atoms with E-state index in [-0.39, 0.29) is 0 Å². The summed E-state index contributed by atoms with van der Waals surface area (Å²) in [4.78, 5) is 0. The van der Waals surface area contributed by atoms with Crippen LogP contribution in [0, 0.1) is 6.92 Å². The van der Waals surface area contributed by atoms with Gasteiger partial charge in [0, 0.05) is 5.02 Å². The first-order valence-corrected chi connectivity index (χ1v) is 4.84. The van der Waals surface area contributed by atoms with Crippen LogP contribution in [0.1, 0.15) is 5.69 Å². The third kappa shape index (κ3) is 1.64. The first-order valence-electron chi connectivity index (χ1n) is 4.46. The standard InChI is InChI=1S/C10H11ClN4/c1-6-9(12)10(13)15(14-6)8-4-2-7(11)3-5-8/h2-5H,12-13H2,1H3. The SMILES string of the molecule is Cc1nn(-c2ccc(Cl)cc2)c(N)c1N. The first-order chi connectivity index (χ1) is 7.09. The highest BCUT2D eigenvalue weighted by Gasteiger charge is 2.09. The molecular weight excluding hydrogens is 212 g/mol. The summed E-state index contributed by atoms with van der Waals surface area (Å²) in [6.07, 6.45) is 0. The van der Waals surface area contributed by atoms with Crippen LogP contribution in [0.2, 0.25) is 5.02 Å². The molecule has 1 heterocycles. The molecule has 2 aromatic rings. The monoisotopic (exact) mass is 222 g/mol. The molecule has 0 unspecified atom stereocenters. The average molecular weight is 223 g/mol. The number of nitrogen functional groups attached to an aromatic ring is 2. The number of halogens is 1. The van der Waals surface area contributed by atoms with Gasteiger partial charge in [-0.05, 0) is 31.2 Å². The van der Waals surface area contributed by atoms with Crippen molar-refractivity contribution in [2.45, 2.75) is 6.92 Å². The van der Waals surface area contributed by atoms with Gasteiger partial charge in [0.25, 0.3) is 0 Å². The summed E-state index contributed by atoms with van der Waals surface area (Å²) in [6, 6.07) is 7.24. The van der Waals surface area contributed by atoms with Gasteiger partial charge in [0.15, 0.2) is 5.82 Å². The quantitative estimate of drug-likeness (QED) is 0.775. The maximum Gasteiger partial charge on any atom is 0.150 e. The molecule has 0 aliphatic carbocycles. The summed E-state index contributed by atoms with van der Waals surface area (Å²) in [5, 5.41) is 4.91. The normalized spacial score (nSPS) is 10.5. The van der Waals surface area contributed by atoms with Crippen molar-refractivity contribution in [3.63, 3.8) is 0 Å². The van der Waals surface area contributed by atoms with E-state index >= 15 is 0 Å². The molecule has 4 nitrogen and oxygen atoms in total. The molecule has 5 heteroatoms. The molecule has 2 rings (SSSR count). The molecular formula is C10H11ClN4. The summed E-state index contributed by atoms with van der Waals surface area (Å²) in [5.41, 5.74) is 13.6. The van der Waals surface area contributed by atoms with Crippen molar-refractivity contribution in [2.75, 3.05) is 11.5 Å². The number of hydrogen-bond donors (Lipinski definition) is 2. The summed E-state index contributed by atoms with van der Waals surface area (Å²) in [7, 11) is 0. The van der Waals surface area contributed by atoms with E-state index in [0.29, 0.717) is 16.5 Å². The summed E-state index contributed by atoms with van der Waals surface area (Å²) >= 11 is 5.79. The number of aromatic nitrogens is 2. The molecule has 0 amide bonds. The molecule has 78 valence electrons. The van der Waals surface area contributed by atoms with Crippen LogP contribution < -0.4 is 11.5 Å². The highest BCUT2D eigenvalue weighted by molar-refractivity contribution is 6.30. The van der Waals surface area contributed by atoms with Crippen molar-refractivity contribution in [1.29, 1.82) is 0 Å². The van der Waals surface area contributed by atoms with E-state index in [0.717, 1.165) is 11.4 Å². The van der Waals surface area contributed by atoms with Crippen molar-refractivity contribution >= 4 is 23.1 Å². The Hall–Kier alpha value is -1.68. The van der Waals surface area contributed by atoms with Gasteiger partial charge in [-0.3, -0.25) is 0 Å². The molecule has 0 saturated heterocycles. The number of anilines is 2. The predicted octanol–water partition coefficient (Wildman–Crippen LogP) is 2.00. The highest BCUT2D eigenvalue weighted by Crippen LogP contribution is 2.23. The van der Waals surface area contributed by atoms with E-state index in [9.17, 15) is 0 Å². The van der Waals surface area contributed by atoms with Crippen molar-refractivity contribution in [1.82, 2.24) is 9.78 Å². The molecule has 0 aliphatic heterocycles. The van der Waals surface area contributed by atoms with Crippen LogP contribution in [0.3, 0.4) is 0 Å². The molecule has 0 saturated carbocycles. The third-order valence-electron chi connectivity index (χ3n) is 2.22. The van der Waals surface area contributed by atoms with Gasteiger partial charge in [-0.25, -0.2) is 4.68 Å². The topological polar surface area (TPSA) is 69.9 Å². The molecule has 1 aromatic heterocycles. The molecule has 15 heavy (non-hydrogen) atoms. The Bertz CT molecular complexity index is 487. The number of nitrogens with zero attached hydrogens (tertiary/aromatic N) is 2. The molecule has 0 bridgehead atoms. The first kappa shape index (κ1) is 9.86. The number of aryl methyl sites for hydroxylation is 1. The number of rotatable bonds is 1. The lowest BCUT2D eigenvalue weighted by molar-refractivity contribution is 0.872. The minimum absolute atomic E-state index is 0.454. The molecule has 0 atom stereocenters. The molecule has 4 N–H and O–H groups in total. The average Bonchev–Trinajstić information content (AvgIpc) is 2.47. The molecule has 0 aliphatic rings. The van der Waals surface area contributed by atoms with Gasteiger partial charge in [-0.2, -0.15) is 5.10 Å². The van der Waals surface area contributed by atoms with Crippen LogP contribution in [0.25, 0.3) is 5.69 Å². The van der Waals surface area contributed by atoms with Gasteiger partial charge in [-0.1, -0.05) is 11.6 Å². The number of benzene rings is 1. The summed E-state index contributed by atoms with van der Waals surface area (Å²) in [5.74, 6) is 0.454. The van der Waals surface area contributed by atoms with E-state index in [4.69, 9.17) is 23.1 Å². The molecule has 1 aromatic carbocycles. The molecule has 0 radical (unpaired) electrons. The zero-order valence-electron chi connectivity index (χ0n) is 8.24. The van der Waals surface area contributed by atoms with Crippen LogP contribution in [0.4, 0.5) is 11.5 Å². The fraction of sp³-hybridized carbons (Fsp3) is 0.100. The minimum Gasteiger partial charge on any atom is -0.394 e. The van der Waals surface area contributed by atoms with Crippen molar-refractivity contribution in [3.05, 3.63) is 35.0 Å². The van der Waals surface area contributed by atoms with Gasteiger partial charge in [0.05, 0.1) is 17.1 Å². The van der Waals surface area contributed by atoms with Crippen LogP contribution in [0.15, 0.2) is 24.3 Å². The maximum absolute atomic E-state index is 5.82. The summed E-state index contributed by atoms with van der Waals surface area (Å²) < 4.78 is 1.60. The van der Waals surface area contributed by atoms with Gasteiger partial charge in [0.1, 0.15) is 0 Å². The van der Waals surface area contributed by atoms with Crippen molar-refractivity contribution in [3.8, 4) is 5.69 Å². The van der Waals surface area contributed by atoms with Gasteiger partial charge in [0.2, 0.25) is 0 Å². The Kier molecular flexibility index (Phi) is 2.28. The van der Waals surface area contributed by atoms with E-state index in [1.54, 1.807) is 16.8 Å². The molecule has 0 fully saturated rings. The Labute approximate surface area is 92.4 Å². The lowest BCUT2D eigenvalue weighted by Gasteiger charge is -2.03. The zero-order valence-corrected chi connectivity index (χ0v) is 8.99. The Balaban J connectivity index is 2.54. The lowest BCUT2D eigenvalue weighted by Crippen LogP contribution is -2.02. The van der Waals surface area contributed by atoms with Gasteiger partial charge < -0.3 is 11.5 Å². The number of nitrogens with two attached hydrogens (primary N) is 2. The van der Waals surface area contributed by atoms with Crippen LogP contribution in [-0.2, 0) is 0 Å². The largest absolute Gasteiger partial charge is 0.394 e.